The predicted molar refractivity (Wildman–Crippen MR) is 144 cm³/mol. The van der Waals surface area contributed by atoms with Gasteiger partial charge in [0.1, 0.15) is 6.61 Å². The van der Waals surface area contributed by atoms with Crippen LogP contribution in [0, 0.1) is 5.92 Å². The fourth-order valence-electron chi connectivity index (χ4n) is 4.76. The summed E-state index contributed by atoms with van der Waals surface area (Å²) < 4.78 is 10.6. The zero-order valence-corrected chi connectivity index (χ0v) is 22.5. The van der Waals surface area contributed by atoms with Gasteiger partial charge in [-0.3, -0.25) is 9.59 Å². The van der Waals surface area contributed by atoms with Crippen LogP contribution in [-0.2, 0) is 23.9 Å². The second kappa shape index (κ2) is 12.0. The molecule has 1 fully saturated rings. The summed E-state index contributed by atoms with van der Waals surface area (Å²) in [5.74, 6) is -1.18. The molecule has 3 heterocycles. The maximum Gasteiger partial charge on any atom is 0.338 e. The van der Waals surface area contributed by atoms with Crippen LogP contribution in [0.2, 0.25) is 5.02 Å². The topological polar surface area (TPSA) is 88.5 Å². The number of piperidine rings is 1. The highest BCUT2D eigenvalue weighted by Crippen LogP contribution is 2.46. The first-order valence-corrected chi connectivity index (χ1v) is 13.5. The number of likely N-dealkylation sites (tertiary alicyclic amines) is 1. The van der Waals surface area contributed by atoms with E-state index >= 15 is 0 Å². The first kappa shape index (κ1) is 27.0. The Morgan fingerprint density at radius 3 is 2.78 bits per heavy atom. The van der Waals surface area contributed by atoms with Crippen LogP contribution in [0.1, 0.15) is 44.7 Å². The number of ether oxygens (including phenoxy) is 2. The van der Waals surface area contributed by atoms with Gasteiger partial charge in [-0.2, -0.15) is 0 Å². The first-order chi connectivity index (χ1) is 17.8. The lowest BCUT2D eigenvalue weighted by molar-refractivity contribution is -0.151. The molecule has 0 N–H and O–H groups in total. The molecule has 0 unspecified atom stereocenters. The Labute approximate surface area is 226 Å². The number of benzene rings is 1. The monoisotopic (exact) mass is 543 g/mol. The molecule has 0 bridgehead atoms. The van der Waals surface area contributed by atoms with Crippen molar-refractivity contribution in [1.29, 1.82) is 0 Å². The summed E-state index contributed by atoms with van der Waals surface area (Å²) in [6, 6.07) is 6.70. The predicted octanol–water partition coefficient (Wildman–Crippen LogP) is 4.84. The Kier molecular flexibility index (Phi) is 8.76. The lowest BCUT2D eigenvalue weighted by Gasteiger charge is -2.37. The largest absolute Gasteiger partial charge is 0.466 e. The molecular formula is C27H30ClN3O5S. The normalized spacial score (nSPS) is 21.2. The van der Waals surface area contributed by atoms with Crippen molar-refractivity contribution in [2.45, 2.75) is 39.2 Å². The number of halogens is 1. The molecule has 8 nitrogen and oxygen atoms in total. The van der Waals surface area contributed by atoms with E-state index in [4.69, 9.17) is 21.1 Å². The third kappa shape index (κ3) is 5.78. The van der Waals surface area contributed by atoms with Gasteiger partial charge < -0.3 is 19.3 Å². The Morgan fingerprint density at radius 2 is 2.05 bits per heavy atom. The molecule has 1 saturated heterocycles. The second-order valence-corrected chi connectivity index (χ2v) is 10.2. The third-order valence-corrected chi connectivity index (χ3v) is 7.71. The Bertz CT molecular complexity index is 1190. The van der Waals surface area contributed by atoms with Gasteiger partial charge in [0.2, 0.25) is 5.91 Å². The number of hydrogen-bond acceptors (Lipinski definition) is 8. The van der Waals surface area contributed by atoms with Crippen LogP contribution in [0.3, 0.4) is 0 Å². The average molecular weight is 544 g/mol. The van der Waals surface area contributed by atoms with E-state index in [1.165, 1.54) is 17.8 Å². The van der Waals surface area contributed by atoms with Crippen molar-refractivity contribution in [3.8, 4) is 0 Å². The van der Waals surface area contributed by atoms with E-state index in [1.807, 2.05) is 28.5 Å². The Morgan fingerprint density at radius 1 is 1.27 bits per heavy atom. The van der Waals surface area contributed by atoms with Crippen LogP contribution in [0.15, 0.2) is 64.3 Å². The number of fused-ring (bicyclic) bond motifs is 1. The minimum Gasteiger partial charge on any atom is -0.466 e. The lowest BCUT2D eigenvalue weighted by atomic mass is 9.93. The molecule has 1 aromatic carbocycles. The SMILES string of the molecule is C=CCOC(=O)C1=C(C)N=C2SC=C(CC(=O)N3CCC[C@H](C(=O)OCC)C3)N2[C@H]1c1ccccc1Cl. The molecule has 0 spiro atoms. The molecule has 1 amide bonds. The fourth-order valence-corrected chi connectivity index (χ4v) is 5.96. The van der Waals surface area contributed by atoms with Crippen LogP contribution in [0.4, 0.5) is 0 Å². The standard InChI is InChI=1S/C27H30ClN3O5S/c1-4-13-36-26(34)23-17(3)29-27-31(24(23)20-10-6-7-11-21(20)28)19(16-37-27)14-22(32)30-12-8-9-18(15-30)25(33)35-5-2/h4,6-7,10-11,16,18,24H,1,5,8-9,12-15H2,2-3H3/t18-,24-/m0/s1. The van der Waals surface area contributed by atoms with Gasteiger partial charge in [-0.25, -0.2) is 9.79 Å². The third-order valence-electron chi connectivity index (χ3n) is 6.48. The van der Waals surface area contributed by atoms with Crippen LogP contribution in [0.25, 0.3) is 0 Å². The van der Waals surface area contributed by atoms with Crippen LogP contribution >= 0.6 is 23.4 Å². The summed E-state index contributed by atoms with van der Waals surface area (Å²) in [6.45, 7) is 8.47. The molecule has 10 heteroatoms. The van der Waals surface area contributed by atoms with Crippen molar-refractivity contribution in [3.63, 3.8) is 0 Å². The van der Waals surface area contributed by atoms with Crippen molar-refractivity contribution in [3.05, 3.63) is 69.9 Å². The van der Waals surface area contributed by atoms with Crippen molar-refractivity contribution < 1.29 is 23.9 Å². The highest BCUT2D eigenvalue weighted by atomic mass is 35.5. The molecule has 2 atom stereocenters. The maximum absolute atomic E-state index is 13.4. The van der Waals surface area contributed by atoms with Gasteiger partial charge in [0, 0.05) is 23.8 Å². The van der Waals surface area contributed by atoms with Gasteiger partial charge >= 0.3 is 11.9 Å². The zero-order valence-electron chi connectivity index (χ0n) is 20.9. The Hall–Kier alpha value is -3.04. The quantitative estimate of drug-likeness (QED) is 0.342. The minimum absolute atomic E-state index is 0.0634. The number of nitrogens with zero attached hydrogens (tertiary/aromatic N) is 3. The molecule has 0 saturated carbocycles. The molecule has 196 valence electrons. The molecule has 1 aromatic rings. The summed E-state index contributed by atoms with van der Waals surface area (Å²) in [6.07, 6.45) is 3.05. The van der Waals surface area contributed by atoms with Gasteiger partial charge in [0.05, 0.1) is 36.3 Å². The number of allylic oxidation sites excluding steroid dienone is 1. The molecule has 4 rings (SSSR count). The van der Waals surface area contributed by atoms with E-state index in [-0.39, 0.29) is 30.8 Å². The van der Waals surface area contributed by atoms with Gasteiger partial charge in [0.25, 0.3) is 0 Å². The number of rotatable bonds is 8. The van der Waals surface area contributed by atoms with Gasteiger partial charge in [-0.1, -0.05) is 54.2 Å². The smallest absolute Gasteiger partial charge is 0.338 e. The number of carbonyl (C=O) groups excluding carboxylic acids is 3. The van der Waals surface area contributed by atoms with E-state index in [9.17, 15) is 14.4 Å². The number of thioether (sulfide) groups is 1. The number of amidine groups is 1. The highest BCUT2D eigenvalue weighted by molar-refractivity contribution is 8.16. The summed E-state index contributed by atoms with van der Waals surface area (Å²) in [7, 11) is 0. The van der Waals surface area contributed by atoms with Crippen LogP contribution in [-0.4, -0.2) is 59.1 Å². The van der Waals surface area contributed by atoms with E-state index < -0.39 is 12.0 Å². The van der Waals surface area contributed by atoms with Gasteiger partial charge in [-0.15, -0.1) is 0 Å². The van der Waals surface area contributed by atoms with Gasteiger partial charge in [0.15, 0.2) is 5.17 Å². The molecule has 37 heavy (non-hydrogen) atoms. The van der Waals surface area contributed by atoms with Crippen LogP contribution < -0.4 is 0 Å². The van der Waals surface area contributed by atoms with E-state index in [0.29, 0.717) is 58.8 Å². The number of esters is 2. The molecule has 0 radical (unpaired) electrons. The van der Waals surface area contributed by atoms with Crippen molar-refractivity contribution in [2.24, 2.45) is 10.9 Å². The molecule has 3 aliphatic heterocycles. The maximum atomic E-state index is 13.4. The number of aliphatic imine (C=N–C) groups is 1. The fraction of sp³-hybridized carbons (Fsp3) is 0.407. The van der Waals surface area contributed by atoms with Crippen molar-refractivity contribution in [1.82, 2.24) is 9.80 Å². The van der Waals surface area contributed by atoms with E-state index in [1.54, 1.807) is 24.8 Å². The van der Waals surface area contributed by atoms with E-state index in [2.05, 4.69) is 11.6 Å². The van der Waals surface area contributed by atoms with E-state index in [0.717, 1.165) is 6.42 Å². The van der Waals surface area contributed by atoms with Crippen LogP contribution in [0.5, 0.6) is 0 Å². The highest BCUT2D eigenvalue weighted by Gasteiger charge is 2.42. The number of amides is 1. The summed E-state index contributed by atoms with van der Waals surface area (Å²) >= 11 is 8.01. The van der Waals surface area contributed by atoms with Crippen molar-refractivity contribution >= 4 is 46.4 Å². The summed E-state index contributed by atoms with van der Waals surface area (Å²) in [4.78, 5) is 47.1. The minimum atomic E-state index is -0.610. The average Bonchev–Trinajstić information content (AvgIpc) is 3.28. The number of hydrogen-bond donors (Lipinski definition) is 0. The van der Waals surface area contributed by atoms with Gasteiger partial charge in [-0.05, 0) is 43.7 Å². The Balaban J connectivity index is 1.61. The molecular weight excluding hydrogens is 514 g/mol. The molecule has 3 aliphatic rings. The molecule has 0 aromatic heterocycles. The first-order valence-electron chi connectivity index (χ1n) is 12.3. The summed E-state index contributed by atoms with van der Waals surface area (Å²) in [5, 5.41) is 3.04. The zero-order chi connectivity index (χ0) is 26.5. The van der Waals surface area contributed by atoms with Crippen molar-refractivity contribution in [2.75, 3.05) is 26.3 Å². The molecule has 0 aliphatic carbocycles. The number of carbonyl (C=O) groups is 3. The summed E-state index contributed by atoms with van der Waals surface area (Å²) in [5.41, 5.74) is 2.31. The lowest BCUT2D eigenvalue weighted by Crippen LogP contribution is -2.44. The second-order valence-electron chi connectivity index (χ2n) is 8.91.